The lowest BCUT2D eigenvalue weighted by Crippen LogP contribution is -2.20. The molecule has 0 unspecified atom stereocenters. The highest BCUT2D eigenvalue weighted by molar-refractivity contribution is 5.91. The number of carbonyl (C=O) groups excluding carboxylic acids is 1. The van der Waals surface area contributed by atoms with Gasteiger partial charge in [0.2, 0.25) is 5.91 Å². The van der Waals surface area contributed by atoms with Crippen molar-refractivity contribution in [3.63, 3.8) is 0 Å². The van der Waals surface area contributed by atoms with Gasteiger partial charge < -0.3 is 5.32 Å². The quantitative estimate of drug-likeness (QED) is 0.800. The molecule has 1 heterocycles. The van der Waals surface area contributed by atoms with Crippen molar-refractivity contribution in [3.8, 4) is 11.4 Å². The summed E-state index contributed by atoms with van der Waals surface area (Å²) in [6.45, 7) is 5.95. The molecule has 3 rings (SSSR count). The van der Waals surface area contributed by atoms with E-state index in [1.54, 1.807) is 4.68 Å². The van der Waals surface area contributed by atoms with E-state index in [2.05, 4.69) is 15.4 Å². The van der Waals surface area contributed by atoms with Crippen molar-refractivity contribution >= 4 is 11.6 Å². The summed E-state index contributed by atoms with van der Waals surface area (Å²) in [7, 11) is 0. The van der Waals surface area contributed by atoms with Gasteiger partial charge in [0, 0.05) is 11.3 Å². The molecule has 0 bridgehead atoms. The zero-order valence-electron chi connectivity index (χ0n) is 14.1. The first-order chi connectivity index (χ1) is 11.5. The molecule has 0 saturated heterocycles. The van der Waals surface area contributed by atoms with E-state index in [4.69, 9.17) is 0 Å². The SMILES string of the molecule is Cc1cccc(-c2nc(C)nn2CC(=O)Nc2ccccc2C)c1. The molecule has 1 aromatic heterocycles. The van der Waals surface area contributed by atoms with Crippen LogP contribution in [0.2, 0.25) is 0 Å². The fraction of sp³-hybridized carbons (Fsp3) is 0.211. The zero-order chi connectivity index (χ0) is 17.1. The maximum atomic E-state index is 12.4. The summed E-state index contributed by atoms with van der Waals surface area (Å²) >= 11 is 0. The van der Waals surface area contributed by atoms with Crippen LogP contribution in [0.3, 0.4) is 0 Å². The monoisotopic (exact) mass is 320 g/mol. The average molecular weight is 320 g/mol. The third kappa shape index (κ3) is 3.51. The zero-order valence-corrected chi connectivity index (χ0v) is 14.1. The number of aromatic nitrogens is 3. The summed E-state index contributed by atoms with van der Waals surface area (Å²) in [5.74, 6) is 1.23. The highest BCUT2D eigenvalue weighted by Crippen LogP contribution is 2.19. The van der Waals surface area contributed by atoms with E-state index in [1.165, 1.54) is 0 Å². The lowest BCUT2D eigenvalue weighted by Gasteiger charge is -2.09. The molecule has 122 valence electrons. The molecule has 1 N–H and O–H groups in total. The summed E-state index contributed by atoms with van der Waals surface area (Å²) in [6.07, 6.45) is 0. The van der Waals surface area contributed by atoms with Gasteiger partial charge in [0.25, 0.3) is 0 Å². The van der Waals surface area contributed by atoms with Crippen LogP contribution in [-0.4, -0.2) is 20.7 Å². The van der Waals surface area contributed by atoms with Crippen LogP contribution >= 0.6 is 0 Å². The van der Waals surface area contributed by atoms with E-state index < -0.39 is 0 Å². The van der Waals surface area contributed by atoms with Crippen LogP contribution in [-0.2, 0) is 11.3 Å². The Morgan fingerprint density at radius 3 is 2.62 bits per heavy atom. The molecule has 0 aliphatic rings. The molecular formula is C19H20N4O. The first kappa shape index (κ1) is 15.9. The molecule has 2 aromatic carbocycles. The van der Waals surface area contributed by atoms with Gasteiger partial charge in [-0.25, -0.2) is 9.67 Å². The van der Waals surface area contributed by atoms with Crippen molar-refractivity contribution in [1.82, 2.24) is 14.8 Å². The van der Waals surface area contributed by atoms with Gasteiger partial charge in [0.1, 0.15) is 12.4 Å². The Morgan fingerprint density at radius 1 is 1.08 bits per heavy atom. The van der Waals surface area contributed by atoms with Crippen LogP contribution in [0.1, 0.15) is 17.0 Å². The number of carbonyl (C=O) groups is 1. The lowest BCUT2D eigenvalue weighted by atomic mass is 10.1. The average Bonchev–Trinajstić information content (AvgIpc) is 2.90. The van der Waals surface area contributed by atoms with E-state index in [-0.39, 0.29) is 12.5 Å². The van der Waals surface area contributed by atoms with Gasteiger partial charge in [0.05, 0.1) is 0 Å². The number of amides is 1. The van der Waals surface area contributed by atoms with Gasteiger partial charge in [-0.2, -0.15) is 5.10 Å². The summed E-state index contributed by atoms with van der Waals surface area (Å²) in [5.41, 5.74) is 3.94. The van der Waals surface area contributed by atoms with Crippen molar-refractivity contribution in [2.75, 3.05) is 5.32 Å². The molecular weight excluding hydrogens is 300 g/mol. The summed E-state index contributed by atoms with van der Waals surface area (Å²) in [5, 5.41) is 7.30. The van der Waals surface area contributed by atoms with Crippen LogP contribution in [0.15, 0.2) is 48.5 Å². The Morgan fingerprint density at radius 2 is 1.88 bits per heavy atom. The number of para-hydroxylation sites is 1. The largest absolute Gasteiger partial charge is 0.324 e. The Hall–Kier alpha value is -2.95. The van der Waals surface area contributed by atoms with Gasteiger partial charge >= 0.3 is 0 Å². The predicted molar refractivity (Wildman–Crippen MR) is 94.7 cm³/mol. The fourth-order valence-electron chi connectivity index (χ4n) is 2.60. The topological polar surface area (TPSA) is 59.8 Å². The van der Waals surface area contributed by atoms with Gasteiger partial charge in [-0.15, -0.1) is 0 Å². The van der Waals surface area contributed by atoms with Crippen LogP contribution in [0.5, 0.6) is 0 Å². The molecule has 24 heavy (non-hydrogen) atoms. The number of nitrogens with one attached hydrogen (secondary N) is 1. The highest BCUT2D eigenvalue weighted by Gasteiger charge is 2.14. The Bertz CT molecular complexity index is 883. The van der Waals surface area contributed by atoms with Crippen LogP contribution in [0.4, 0.5) is 5.69 Å². The number of nitrogens with zero attached hydrogens (tertiary/aromatic N) is 3. The number of hydrogen-bond donors (Lipinski definition) is 1. The third-order valence-corrected chi connectivity index (χ3v) is 3.77. The minimum absolute atomic E-state index is 0.122. The van der Waals surface area contributed by atoms with Gasteiger partial charge in [0.15, 0.2) is 5.82 Å². The van der Waals surface area contributed by atoms with E-state index >= 15 is 0 Å². The maximum absolute atomic E-state index is 12.4. The number of rotatable bonds is 4. The Labute approximate surface area is 141 Å². The highest BCUT2D eigenvalue weighted by atomic mass is 16.2. The molecule has 0 aliphatic carbocycles. The number of benzene rings is 2. The number of anilines is 1. The number of aryl methyl sites for hydroxylation is 3. The van der Waals surface area contributed by atoms with E-state index in [0.717, 1.165) is 22.4 Å². The molecule has 0 spiro atoms. The summed E-state index contributed by atoms with van der Waals surface area (Å²) in [4.78, 5) is 16.9. The van der Waals surface area contributed by atoms with E-state index in [9.17, 15) is 4.79 Å². The second-order valence-corrected chi connectivity index (χ2v) is 5.87. The molecule has 0 atom stereocenters. The first-order valence-electron chi connectivity index (χ1n) is 7.87. The van der Waals surface area contributed by atoms with Gasteiger partial charge in [-0.1, -0.05) is 42.0 Å². The van der Waals surface area contributed by atoms with Crippen molar-refractivity contribution in [1.29, 1.82) is 0 Å². The van der Waals surface area contributed by atoms with E-state index in [0.29, 0.717) is 11.6 Å². The molecule has 5 nitrogen and oxygen atoms in total. The molecule has 0 radical (unpaired) electrons. The maximum Gasteiger partial charge on any atom is 0.246 e. The molecule has 0 aliphatic heterocycles. The predicted octanol–water partition coefficient (Wildman–Crippen LogP) is 3.51. The second kappa shape index (κ2) is 6.66. The van der Waals surface area contributed by atoms with Crippen LogP contribution in [0.25, 0.3) is 11.4 Å². The first-order valence-corrected chi connectivity index (χ1v) is 7.87. The number of hydrogen-bond acceptors (Lipinski definition) is 3. The minimum Gasteiger partial charge on any atom is -0.324 e. The van der Waals surface area contributed by atoms with Crippen molar-refractivity contribution in [2.45, 2.75) is 27.3 Å². The standard InChI is InChI=1S/C19H20N4O/c1-13-7-6-9-16(11-13)19-20-15(3)22-23(19)12-18(24)21-17-10-5-4-8-14(17)2/h4-11H,12H2,1-3H3,(H,21,24). The van der Waals surface area contributed by atoms with Crippen LogP contribution in [0, 0.1) is 20.8 Å². The molecule has 5 heteroatoms. The second-order valence-electron chi connectivity index (χ2n) is 5.87. The van der Waals surface area contributed by atoms with Crippen molar-refractivity contribution in [3.05, 3.63) is 65.5 Å². The van der Waals surface area contributed by atoms with Crippen molar-refractivity contribution < 1.29 is 4.79 Å². The third-order valence-electron chi connectivity index (χ3n) is 3.77. The molecule has 0 saturated carbocycles. The van der Waals surface area contributed by atoms with Crippen LogP contribution < -0.4 is 5.32 Å². The Kier molecular flexibility index (Phi) is 4.42. The van der Waals surface area contributed by atoms with E-state index in [1.807, 2.05) is 69.3 Å². The smallest absolute Gasteiger partial charge is 0.246 e. The summed E-state index contributed by atoms with van der Waals surface area (Å²) < 4.78 is 1.65. The van der Waals surface area contributed by atoms with Crippen molar-refractivity contribution in [2.24, 2.45) is 0 Å². The Balaban J connectivity index is 1.83. The molecule has 0 fully saturated rings. The normalized spacial score (nSPS) is 10.6. The van der Waals surface area contributed by atoms with Gasteiger partial charge in [-0.3, -0.25) is 4.79 Å². The lowest BCUT2D eigenvalue weighted by molar-refractivity contribution is -0.116. The minimum atomic E-state index is -0.122. The van der Waals surface area contributed by atoms with Gasteiger partial charge in [-0.05, 0) is 38.5 Å². The summed E-state index contributed by atoms with van der Waals surface area (Å²) in [6, 6.07) is 15.7. The molecule has 1 amide bonds. The molecule has 3 aromatic rings. The fourth-order valence-corrected chi connectivity index (χ4v) is 2.60.